The summed E-state index contributed by atoms with van der Waals surface area (Å²) in [6, 6.07) is 7.84. The molecule has 3 aliphatic rings. The van der Waals surface area contributed by atoms with Crippen LogP contribution in [0.1, 0.15) is 55.3 Å². The summed E-state index contributed by atoms with van der Waals surface area (Å²) in [4.78, 5) is 25.2. The van der Waals surface area contributed by atoms with E-state index in [1.807, 2.05) is 18.2 Å². The lowest BCUT2D eigenvalue weighted by Gasteiger charge is -2.43. The Balaban J connectivity index is 1.45. The second-order valence-electron chi connectivity index (χ2n) is 7.98. The molecule has 3 fully saturated rings. The zero-order chi connectivity index (χ0) is 17.4. The Kier molecular flexibility index (Phi) is 4.50. The molecule has 0 aromatic heterocycles. The Hall–Kier alpha value is -1.88. The number of benzene rings is 1. The van der Waals surface area contributed by atoms with Gasteiger partial charge in [0.1, 0.15) is 0 Å². The molecule has 2 unspecified atom stereocenters. The molecule has 3 aliphatic carbocycles. The summed E-state index contributed by atoms with van der Waals surface area (Å²) in [7, 11) is 0. The minimum absolute atomic E-state index is 0.00893. The van der Waals surface area contributed by atoms with Crippen LogP contribution in [-0.4, -0.2) is 23.9 Å². The molecule has 0 saturated heterocycles. The molecule has 5 nitrogen and oxygen atoms in total. The first-order valence-corrected chi connectivity index (χ1v) is 9.58. The van der Waals surface area contributed by atoms with Crippen molar-refractivity contribution in [1.82, 2.24) is 5.32 Å². The van der Waals surface area contributed by atoms with Crippen molar-refractivity contribution in [3.63, 3.8) is 0 Å². The first-order chi connectivity index (χ1) is 12.1. The minimum Gasteiger partial charge on any atom is -0.349 e. The standard InChI is InChI=1S/C20H27N3O2/c21-18-12-4-3-5-13(18)11-14(10-12)19(24)23-17-7-2-1-6-16(17)20(25)22-15-8-9-15/h1-2,6-7,12-15,18H,3-5,8-11,21H2,(H,22,25)(H,23,24). The Morgan fingerprint density at radius 1 is 1.00 bits per heavy atom. The fraction of sp³-hybridized carbons (Fsp3) is 0.600. The van der Waals surface area contributed by atoms with Crippen LogP contribution in [0.4, 0.5) is 5.69 Å². The van der Waals surface area contributed by atoms with Crippen molar-refractivity contribution >= 4 is 17.5 Å². The van der Waals surface area contributed by atoms with Gasteiger partial charge in [0.05, 0.1) is 11.3 Å². The van der Waals surface area contributed by atoms with Crippen molar-refractivity contribution in [2.45, 2.75) is 57.0 Å². The highest BCUT2D eigenvalue weighted by molar-refractivity contribution is 6.04. The smallest absolute Gasteiger partial charge is 0.253 e. The normalized spacial score (nSPS) is 31.2. The van der Waals surface area contributed by atoms with E-state index in [9.17, 15) is 9.59 Å². The molecular formula is C20H27N3O2. The number of nitrogens with one attached hydrogen (secondary N) is 2. The van der Waals surface area contributed by atoms with Gasteiger partial charge in [0.25, 0.3) is 5.91 Å². The number of nitrogens with two attached hydrogens (primary N) is 1. The molecule has 4 N–H and O–H groups in total. The van der Waals surface area contributed by atoms with E-state index < -0.39 is 0 Å². The third-order valence-electron chi connectivity index (χ3n) is 6.13. The van der Waals surface area contributed by atoms with Crippen molar-refractivity contribution < 1.29 is 9.59 Å². The van der Waals surface area contributed by atoms with Crippen LogP contribution in [0.15, 0.2) is 24.3 Å². The number of amides is 2. The number of anilines is 1. The van der Waals surface area contributed by atoms with Gasteiger partial charge in [-0.3, -0.25) is 9.59 Å². The van der Waals surface area contributed by atoms with Crippen LogP contribution in [0.25, 0.3) is 0 Å². The monoisotopic (exact) mass is 341 g/mol. The zero-order valence-electron chi connectivity index (χ0n) is 14.5. The van der Waals surface area contributed by atoms with Gasteiger partial charge < -0.3 is 16.4 Å². The van der Waals surface area contributed by atoms with Crippen LogP contribution in [-0.2, 0) is 4.79 Å². The summed E-state index contributed by atoms with van der Waals surface area (Å²) in [5, 5.41) is 6.01. The summed E-state index contributed by atoms with van der Waals surface area (Å²) in [5.41, 5.74) is 7.50. The van der Waals surface area contributed by atoms with Crippen LogP contribution in [0.3, 0.4) is 0 Å². The fourth-order valence-electron chi connectivity index (χ4n) is 4.52. The number of rotatable bonds is 4. The zero-order valence-corrected chi connectivity index (χ0v) is 14.5. The first kappa shape index (κ1) is 16.6. The average molecular weight is 341 g/mol. The van der Waals surface area contributed by atoms with Crippen molar-refractivity contribution in [3.05, 3.63) is 29.8 Å². The van der Waals surface area contributed by atoms with E-state index in [0.717, 1.165) is 38.5 Å². The molecule has 2 amide bonds. The predicted octanol–water partition coefficient (Wildman–Crippen LogP) is 2.67. The maximum absolute atomic E-state index is 12.8. The molecule has 2 bridgehead atoms. The topological polar surface area (TPSA) is 84.2 Å². The van der Waals surface area contributed by atoms with Crippen LogP contribution in [0.2, 0.25) is 0 Å². The lowest BCUT2D eigenvalue weighted by Crippen LogP contribution is -2.48. The molecule has 2 atom stereocenters. The van der Waals surface area contributed by atoms with Crippen molar-refractivity contribution in [2.24, 2.45) is 23.5 Å². The molecule has 0 radical (unpaired) electrons. The second-order valence-corrected chi connectivity index (χ2v) is 7.98. The van der Waals surface area contributed by atoms with Gasteiger partial charge in [0, 0.05) is 18.0 Å². The lowest BCUT2D eigenvalue weighted by molar-refractivity contribution is -0.122. The van der Waals surface area contributed by atoms with Crippen LogP contribution in [0.5, 0.6) is 0 Å². The Labute approximate surface area is 148 Å². The van der Waals surface area contributed by atoms with Gasteiger partial charge in [-0.25, -0.2) is 0 Å². The maximum Gasteiger partial charge on any atom is 0.253 e. The van der Waals surface area contributed by atoms with Gasteiger partial charge in [-0.15, -0.1) is 0 Å². The van der Waals surface area contributed by atoms with E-state index in [-0.39, 0.29) is 23.8 Å². The molecule has 0 heterocycles. The number of para-hydroxylation sites is 1. The average Bonchev–Trinajstić information content (AvgIpc) is 3.39. The Bertz CT molecular complexity index is 657. The Morgan fingerprint density at radius 2 is 1.68 bits per heavy atom. The highest BCUT2D eigenvalue weighted by Crippen LogP contribution is 2.42. The molecule has 0 aliphatic heterocycles. The third-order valence-corrected chi connectivity index (χ3v) is 6.13. The highest BCUT2D eigenvalue weighted by Gasteiger charge is 2.40. The molecule has 1 aromatic carbocycles. The van der Waals surface area contributed by atoms with Gasteiger partial charge in [-0.05, 0) is 62.5 Å². The van der Waals surface area contributed by atoms with Crippen LogP contribution < -0.4 is 16.4 Å². The predicted molar refractivity (Wildman–Crippen MR) is 97.1 cm³/mol. The summed E-state index contributed by atoms with van der Waals surface area (Å²) >= 11 is 0. The van der Waals surface area contributed by atoms with Gasteiger partial charge in [0.15, 0.2) is 0 Å². The van der Waals surface area contributed by atoms with E-state index in [1.54, 1.807) is 6.07 Å². The maximum atomic E-state index is 12.8. The molecule has 4 rings (SSSR count). The van der Waals surface area contributed by atoms with E-state index in [4.69, 9.17) is 5.73 Å². The minimum atomic E-state index is -0.0964. The summed E-state index contributed by atoms with van der Waals surface area (Å²) in [5.74, 6) is 0.888. The summed E-state index contributed by atoms with van der Waals surface area (Å²) < 4.78 is 0. The number of carbonyl (C=O) groups is 2. The molecule has 5 heteroatoms. The fourth-order valence-corrected chi connectivity index (χ4v) is 4.52. The Morgan fingerprint density at radius 3 is 2.36 bits per heavy atom. The number of carbonyl (C=O) groups excluding carboxylic acids is 2. The lowest BCUT2D eigenvalue weighted by atomic mass is 9.65. The quantitative estimate of drug-likeness (QED) is 0.787. The van der Waals surface area contributed by atoms with Gasteiger partial charge in [-0.1, -0.05) is 18.6 Å². The number of fused-ring (bicyclic) bond motifs is 2. The van der Waals surface area contributed by atoms with Gasteiger partial charge in [-0.2, -0.15) is 0 Å². The highest BCUT2D eigenvalue weighted by atomic mass is 16.2. The van der Waals surface area contributed by atoms with E-state index >= 15 is 0 Å². The van der Waals surface area contributed by atoms with Crippen molar-refractivity contribution in [1.29, 1.82) is 0 Å². The molecule has 1 aromatic rings. The van der Waals surface area contributed by atoms with Crippen molar-refractivity contribution in [3.8, 4) is 0 Å². The molecule has 3 saturated carbocycles. The van der Waals surface area contributed by atoms with E-state index in [0.29, 0.717) is 29.1 Å². The molecule has 25 heavy (non-hydrogen) atoms. The van der Waals surface area contributed by atoms with Crippen LogP contribution >= 0.6 is 0 Å². The van der Waals surface area contributed by atoms with E-state index in [1.165, 1.54) is 6.42 Å². The molecule has 0 spiro atoms. The molecule has 134 valence electrons. The first-order valence-electron chi connectivity index (χ1n) is 9.58. The van der Waals surface area contributed by atoms with Crippen LogP contribution in [0, 0.1) is 17.8 Å². The summed E-state index contributed by atoms with van der Waals surface area (Å²) in [6.45, 7) is 0. The van der Waals surface area contributed by atoms with Crippen molar-refractivity contribution in [2.75, 3.05) is 5.32 Å². The summed E-state index contributed by atoms with van der Waals surface area (Å²) in [6.07, 6.45) is 7.36. The van der Waals surface area contributed by atoms with E-state index in [2.05, 4.69) is 10.6 Å². The second kappa shape index (κ2) is 6.79. The molecular weight excluding hydrogens is 314 g/mol. The largest absolute Gasteiger partial charge is 0.349 e. The number of hydrogen-bond donors (Lipinski definition) is 3. The number of hydrogen-bond acceptors (Lipinski definition) is 3. The SMILES string of the molecule is NC1C2CCCC1CC(C(=O)Nc1ccccc1C(=O)NC1CC1)C2. The van der Waals surface area contributed by atoms with Gasteiger partial charge in [0.2, 0.25) is 5.91 Å². The third kappa shape index (κ3) is 3.56. The van der Waals surface area contributed by atoms with Gasteiger partial charge >= 0.3 is 0 Å².